The molecule has 1 saturated heterocycles. The lowest BCUT2D eigenvalue weighted by molar-refractivity contribution is 0.00578. The summed E-state index contributed by atoms with van der Waals surface area (Å²) in [7, 11) is -0.666. The molecule has 2 rings (SSSR count). The standard InChI is InChI=1S/C15H19BClFO3/c1-14(2)15(3,4)21-16(20-14)12-10-11(18)6-7-13(12)19-9-5-8-17/h5-8,10H,9H2,1-4H3/b8-5+. The zero-order valence-corrected chi connectivity index (χ0v) is 13.4. The Bertz CT molecular complexity index is 530. The van der Waals surface area contributed by atoms with Crippen LogP contribution in [-0.2, 0) is 9.31 Å². The van der Waals surface area contributed by atoms with Crippen LogP contribution < -0.4 is 10.2 Å². The third-order valence-electron chi connectivity index (χ3n) is 3.90. The molecule has 1 fully saturated rings. The third kappa shape index (κ3) is 3.42. The Kier molecular flexibility index (Phi) is 4.66. The van der Waals surface area contributed by atoms with Gasteiger partial charge in [-0.25, -0.2) is 4.39 Å². The van der Waals surface area contributed by atoms with Gasteiger partial charge in [-0.2, -0.15) is 0 Å². The molecule has 0 spiro atoms. The van der Waals surface area contributed by atoms with Gasteiger partial charge in [0.1, 0.15) is 18.2 Å². The first-order chi connectivity index (χ1) is 9.77. The summed E-state index contributed by atoms with van der Waals surface area (Å²) in [6.45, 7) is 8.08. The van der Waals surface area contributed by atoms with Gasteiger partial charge in [0, 0.05) is 11.0 Å². The highest BCUT2D eigenvalue weighted by Crippen LogP contribution is 2.37. The Balaban J connectivity index is 2.29. The molecule has 114 valence electrons. The fraction of sp³-hybridized carbons (Fsp3) is 0.467. The number of rotatable bonds is 4. The number of hydrogen-bond acceptors (Lipinski definition) is 3. The maximum atomic E-state index is 13.6. The second-order valence-corrected chi connectivity index (χ2v) is 6.20. The van der Waals surface area contributed by atoms with Crippen molar-refractivity contribution in [1.82, 2.24) is 0 Å². The van der Waals surface area contributed by atoms with Gasteiger partial charge in [0.15, 0.2) is 0 Å². The monoisotopic (exact) mass is 312 g/mol. The summed E-state index contributed by atoms with van der Waals surface area (Å²) in [5, 5.41) is 0. The first kappa shape index (κ1) is 16.3. The van der Waals surface area contributed by atoms with E-state index in [0.717, 1.165) is 0 Å². The second-order valence-electron chi connectivity index (χ2n) is 5.94. The van der Waals surface area contributed by atoms with E-state index in [4.69, 9.17) is 25.6 Å². The Labute approximate surface area is 130 Å². The van der Waals surface area contributed by atoms with E-state index in [0.29, 0.717) is 17.8 Å². The Morgan fingerprint density at radius 3 is 2.43 bits per heavy atom. The van der Waals surface area contributed by atoms with Gasteiger partial charge < -0.3 is 14.0 Å². The van der Waals surface area contributed by atoms with Crippen LogP contribution in [0.5, 0.6) is 5.75 Å². The lowest BCUT2D eigenvalue weighted by atomic mass is 9.78. The molecule has 21 heavy (non-hydrogen) atoms. The molecule has 1 aromatic carbocycles. The van der Waals surface area contributed by atoms with Crippen molar-refractivity contribution in [3.8, 4) is 5.75 Å². The van der Waals surface area contributed by atoms with Crippen LogP contribution in [0.3, 0.4) is 0 Å². The smallest absolute Gasteiger partial charge is 0.490 e. The average Bonchev–Trinajstić information content (AvgIpc) is 2.60. The Morgan fingerprint density at radius 2 is 1.86 bits per heavy atom. The molecule has 1 aromatic rings. The van der Waals surface area contributed by atoms with Crippen LogP contribution in [-0.4, -0.2) is 24.9 Å². The van der Waals surface area contributed by atoms with E-state index in [1.807, 2.05) is 27.7 Å². The summed E-state index contributed by atoms with van der Waals surface area (Å²) in [5.74, 6) is 0.157. The molecule has 0 atom stereocenters. The zero-order chi connectivity index (χ0) is 15.7. The molecule has 3 nitrogen and oxygen atoms in total. The van der Waals surface area contributed by atoms with Crippen molar-refractivity contribution in [3.63, 3.8) is 0 Å². The zero-order valence-electron chi connectivity index (χ0n) is 12.7. The number of hydrogen-bond donors (Lipinski definition) is 0. The molecule has 1 heterocycles. The minimum atomic E-state index is -0.666. The Hall–Kier alpha value is -1.04. The summed E-state index contributed by atoms with van der Waals surface area (Å²) in [4.78, 5) is 0. The third-order valence-corrected chi connectivity index (χ3v) is 4.08. The number of halogens is 2. The molecule has 0 saturated carbocycles. The molecular weight excluding hydrogens is 293 g/mol. The summed E-state index contributed by atoms with van der Waals surface area (Å²) >= 11 is 5.46. The maximum absolute atomic E-state index is 13.6. The number of ether oxygens (including phenoxy) is 1. The van der Waals surface area contributed by atoms with Crippen LogP contribution in [0.4, 0.5) is 4.39 Å². The second kappa shape index (κ2) is 5.99. The minimum Gasteiger partial charge on any atom is -0.490 e. The first-order valence-corrected chi connectivity index (χ1v) is 7.23. The van der Waals surface area contributed by atoms with E-state index in [9.17, 15) is 4.39 Å². The first-order valence-electron chi connectivity index (χ1n) is 6.80. The summed E-state index contributed by atoms with van der Waals surface area (Å²) in [5.41, 5.74) is 0.934. The van der Waals surface area contributed by atoms with Crippen molar-refractivity contribution >= 4 is 24.2 Å². The lowest BCUT2D eigenvalue weighted by Crippen LogP contribution is -2.41. The van der Waals surface area contributed by atoms with Crippen molar-refractivity contribution in [3.05, 3.63) is 35.6 Å². The van der Waals surface area contributed by atoms with Gasteiger partial charge in [0.05, 0.1) is 11.2 Å². The van der Waals surface area contributed by atoms with E-state index in [-0.39, 0.29) is 5.82 Å². The van der Waals surface area contributed by atoms with Gasteiger partial charge in [0.2, 0.25) is 0 Å². The minimum absolute atomic E-state index is 0.293. The van der Waals surface area contributed by atoms with Crippen LogP contribution in [0, 0.1) is 5.82 Å². The van der Waals surface area contributed by atoms with Crippen LogP contribution in [0.15, 0.2) is 29.8 Å². The quantitative estimate of drug-likeness (QED) is 0.799. The van der Waals surface area contributed by atoms with Crippen molar-refractivity contribution in [2.75, 3.05) is 6.61 Å². The van der Waals surface area contributed by atoms with Crippen molar-refractivity contribution in [1.29, 1.82) is 0 Å². The van der Waals surface area contributed by atoms with E-state index in [1.165, 1.54) is 17.7 Å². The highest BCUT2D eigenvalue weighted by molar-refractivity contribution is 6.63. The van der Waals surface area contributed by atoms with Crippen LogP contribution in [0.2, 0.25) is 0 Å². The van der Waals surface area contributed by atoms with Gasteiger partial charge in [0.25, 0.3) is 0 Å². The molecule has 0 unspecified atom stereocenters. The van der Waals surface area contributed by atoms with Crippen LogP contribution in [0.1, 0.15) is 27.7 Å². The highest BCUT2D eigenvalue weighted by Gasteiger charge is 2.52. The predicted molar refractivity (Wildman–Crippen MR) is 82.6 cm³/mol. The predicted octanol–water partition coefficient (Wildman–Crippen LogP) is 3.26. The summed E-state index contributed by atoms with van der Waals surface area (Å²) in [6.07, 6.45) is 1.65. The van der Waals surface area contributed by atoms with Gasteiger partial charge in [-0.05, 0) is 52.0 Å². The molecule has 6 heteroatoms. The topological polar surface area (TPSA) is 27.7 Å². The maximum Gasteiger partial charge on any atom is 0.498 e. The molecule has 0 aliphatic carbocycles. The Morgan fingerprint density at radius 1 is 1.24 bits per heavy atom. The fourth-order valence-corrected chi connectivity index (χ4v) is 2.05. The van der Waals surface area contributed by atoms with Gasteiger partial charge >= 0.3 is 7.12 Å². The highest BCUT2D eigenvalue weighted by atomic mass is 35.5. The van der Waals surface area contributed by atoms with E-state index < -0.39 is 18.3 Å². The van der Waals surface area contributed by atoms with Gasteiger partial charge in [-0.3, -0.25) is 0 Å². The van der Waals surface area contributed by atoms with Crippen molar-refractivity contribution in [2.24, 2.45) is 0 Å². The van der Waals surface area contributed by atoms with Gasteiger partial charge in [-0.1, -0.05) is 11.6 Å². The van der Waals surface area contributed by atoms with Crippen LogP contribution >= 0.6 is 11.6 Å². The SMILES string of the molecule is CC1(C)OB(c2cc(F)ccc2OC/C=C/Cl)OC1(C)C. The fourth-order valence-electron chi connectivity index (χ4n) is 1.98. The normalized spacial score (nSPS) is 20.2. The molecular formula is C15H19BClFO3. The molecule has 0 radical (unpaired) electrons. The van der Waals surface area contributed by atoms with E-state index >= 15 is 0 Å². The van der Waals surface area contributed by atoms with E-state index in [2.05, 4.69) is 0 Å². The molecule has 0 aromatic heterocycles. The summed E-state index contributed by atoms with van der Waals surface area (Å²) in [6, 6.07) is 4.29. The largest absolute Gasteiger partial charge is 0.498 e. The lowest BCUT2D eigenvalue weighted by Gasteiger charge is -2.32. The summed E-state index contributed by atoms with van der Waals surface area (Å²) < 4.78 is 31.0. The van der Waals surface area contributed by atoms with Gasteiger partial charge in [-0.15, -0.1) is 0 Å². The molecule has 1 aliphatic rings. The van der Waals surface area contributed by atoms with E-state index in [1.54, 1.807) is 12.1 Å². The molecule has 0 N–H and O–H groups in total. The average molecular weight is 313 g/mol. The van der Waals surface area contributed by atoms with Crippen LogP contribution in [0.25, 0.3) is 0 Å². The molecule has 0 bridgehead atoms. The van der Waals surface area contributed by atoms with Crippen molar-refractivity contribution in [2.45, 2.75) is 38.9 Å². The van der Waals surface area contributed by atoms with Crippen molar-refractivity contribution < 1.29 is 18.4 Å². The molecule has 1 aliphatic heterocycles. The number of benzene rings is 1. The molecule has 0 amide bonds.